The van der Waals surface area contributed by atoms with Crippen molar-refractivity contribution in [3.8, 4) is 0 Å². The van der Waals surface area contributed by atoms with Crippen molar-refractivity contribution < 1.29 is 17.6 Å². The predicted octanol–water partition coefficient (Wildman–Crippen LogP) is 0.817. The number of alkyl halides is 3. The Morgan fingerprint density at radius 2 is 2.17 bits per heavy atom. The highest BCUT2D eigenvalue weighted by Gasteiger charge is 2.26. The van der Waals surface area contributed by atoms with Gasteiger partial charge in [-0.15, -0.1) is 0 Å². The Morgan fingerprint density at radius 3 is 2.67 bits per heavy atom. The molecule has 1 fully saturated rings. The quantitative estimate of drug-likeness (QED) is 0.632. The van der Waals surface area contributed by atoms with Crippen LogP contribution in [0, 0.1) is 0 Å². The van der Waals surface area contributed by atoms with E-state index in [2.05, 4.69) is 0 Å². The zero-order valence-electron chi connectivity index (χ0n) is 6.81. The first-order valence-electron chi connectivity index (χ1n) is 4.20. The maximum Gasteiger partial charge on any atom is 0.269 e. The fourth-order valence-corrected chi connectivity index (χ4v) is 8.47. The second-order valence-corrected chi connectivity index (χ2v) is 11.2. The third-order valence-electron chi connectivity index (χ3n) is 2.09. The van der Waals surface area contributed by atoms with Gasteiger partial charge in [0.2, 0.25) is 0 Å². The average molecular weight is 214 g/mol. The van der Waals surface area contributed by atoms with Crippen LogP contribution in [0.2, 0.25) is 12.1 Å². The van der Waals surface area contributed by atoms with E-state index < -0.39 is 30.2 Å². The van der Waals surface area contributed by atoms with E-state index in [0.717, 1.165) is 19.1 Å². The highest BCUT2D eigenvalue weighted by atomic mass is 29.2. The summed E-state index contributed by atoms with van der Waals surface area (Å²) in [6.45, 7) is 0.779. The highest BCUT2D eigenvalue weighted by Crippen LogP contribution is 2.17. The van der Waals surface area contributed by atoms with Gasteiger partial charge in [-0.3, -0.25) is 0 Å². The largest absolute Gasteiger partial charge is 0.428 e. The summed E-state index contributed by atoms with van der Waals surface area (Å²) in [6.07, 6.45) is -3.70. The van der Waals surface area contributed by atoms with Crippen LogP contribution in [0.15, 0.2) is 0 Å². The fourth-order valence-electron chi connectivity index (χ4n) is 1.41. The first-order chi connectivity index (χ1) is 5.70. The van der Waals surface area contributed by atoms with E-state index in [4.69, 9.17) is 4.43 Å². The Labute approximate surface area is 73.6 Å². The van der Waals surface area contributed by atoms with Crippen LogP contribution in [0.5, 0.6) is 0 Å². The summed E-state index contributed by atoms with van der Waals surface area (Å²) in [5, 5.41) is 0. The second-order valence-electron chi connectivity index (χ2n) is 3.17. The van der Waals surface area contributed by atoms with Gasteiger partial charge < -0.3 is 4.43 Å². The molecule has 0 aromatic heterocycles. The SMILES string of the molecule is FC(F)C(F)C[SiH]1CCCO[SiH2]1. The molecule has 0 radical (unpaired) electrons. The molecular weight excluding hydrogens is 201 g/mol. The molecule has 1 rings (SSSR count). The summed E-state index contributed by atoms with van der Waals surface area (Å²) in [6, 6.07) is 1.16. The summed E-state index contributed by atoms with van der Waals surface area (Å²) in [7, 11) is -1.77. The smallest absolute Gasteiger partial charge is 0.269 e. The van der Waals surface area contributed by atoms with Crippen LogP contribution in [0.25, 0.3) is 0 Å². The molecule has 12 heavy (non-hydrogen) atoms. The molecule has 0 aromatic rings. The molecule has 1 nitrogen and oxygen atoms in total. The lowest BCUT2D eigenvalue weighted by atomic mass is 10.5. The molecule has 2 unspecified atom stereocenters. The Morgan fingerprint density at radius 1 is 1.42 bits per heavy atom. The fraction of sp³-hybridized carbons (Fsp3) is 1.00. The normalized spacial score (nSPS) is 29.5. The molecule has 1 heterocycles. The maximum atomic E-state index is 12.6. The van der Waals surface area contributed by atoms with Crippen LogP contribution in [-0.4, -0.2) is 36.8 Å². The van der Waals surface area contributed by atoms with Crippen molar-refractivity contribution in [1.29, 1.82) is 0 Å². The minimum atomic E-state index is -2.78. The summed E-state index contributed by atoms with van der Waals surface area (Å²) < 4.78 is 41.4. The lowest BCUT2D eigenvalue weighted by Gasteiger charge is -2.21. The standard InChI is InChI=1S/C6H13F3OSi2/c7-5(6(8)9)4-12-3-1-2-10-11-12/h5-6,12H,1-4,11H2. The molecule has 1 aliphatic rings. The molecule has 1 saturated heterocycles. The number of hydrogen-bond donors (Lipinski definition) is 0. The van der Waals surface area contributed by atoms with Gasteiger partial charge in [-0.2, -0.15) is 0 Å². The van der Waals surface area contributed by atoms with Crippen molar-refractivity contribution in [3.05, 3.63) is 0 Å². The van der Waals surface area contributed by atoms with Crippen LogP contribution in [-0.2, 0) is 4.43 Å². The van der Waals surface area contributed by atoms with E-state index in [1.165, 1.54) is 0 Å². The number of halogens is 3. The van der Waals surface area contributed by atoms with Crippen molar-refractivity contribution >= 4 is 17.6 Å². The molecule has 6 heteroatoms. The first kappa shape index (κ1) is 10.3. The molecule has 0 amide bonds. The summed E-state index contributed by atoms with van der Waals surface area (Å²) in [4.78, 5) is 0. The van der Waals surface area contributed by atoms with Crippen molar-refractivity contribution in [3.63, 3.8) is 0 Å². The zero-order valence-corrected chi connectivity index (χ0v) is 9.38. The maximum absolute atomic E-state index is 12.6. The molecule has 0 saturated carbocycles. The molecule has 0 aromatic carbocycles. The summed E-state index contributed by atoms with van der Waals surface area (Å²) in [5.74, 6) is 0. The van der Waals surface area contributed by atoms with E-state index in [9.17, 15) is 13.2 Å². The second kappa shape index (κ2) is 5.03. The van der Waals surface area contributed by atoms with E-state index in [0.29, 0.717) is 0 Å². The van der Waals surface area contributed by atoms with Gasteiger partial charge >= 0.3 is 0 Å². The van der Waals surface area contributed by atoms with E-state index in [1.807, 2.05) is 0 Å². The Bertz CT molecular complexity index is 130. The zero-order chi connectivity index (χ0) is 8.97. The van der Waals surface area contributed by atoms with Gasteiger partial charge in [0.15, 0.2) is 6.17 Å². The van der Waals surface area contributed by atoms with Crippen molar-refractivity contribution in [1.82, 2.24) is 0 Å². The Hall–Kier alpha value is 0.184. The van der Waals surface area contributed by atoms with Crippen molar-refractivity contribution in [2.24, 2.45) is 0 Å². The minimum absolute atomic E-state index is 0.143. The van der Waals surface area contributed by atoms with Gasteiger partial charge in [-0.05, 0) is 12.5 Å². The predicted molar refractivity (Wildman–Crippen MR) is 46.8 cm³/mol. The summed E-state index contributed by atoms with van der Waals surface area (Å²) >= 11 is 0. The third kappa shape index (κ3) is 3.28. The Kier molecular flexibility index (Phi) is 4.30. The lowest BCUT2D eigenvalue weighted by molar-refractivity contribution is 0.0599. The molecule has 72 valence electrons. The molecule has 2 atom stereocenters. The van der Waals surface area contributed by atoms with Crippen LogP contribution in [0.1, 0.15) is 6.42 Å². The van der Waals surface area contributed by atoms with Gasteiger partial charge in [-0.25, -0.2) is 13.2 Å². The van der Waals surface area contributed by atoms with Gasteiger partial charge in [-0.1, -0.05) is 6.04 Å². The molecule has 0 aliphatic carbocycles. The van der Waals surface area contributed by atoms with Crippen LogP contribution >= 0.6 is 0 Å². The van der Waals surface area contributed by atoms with Crippen LogP contribution in [0.4, 0.5) is 13.2 Å². The third-order valence-corrected chi connectivity index (χ3v) is 9.77. The molecule has 0 spiro atoms. The van der Waals surface area contributed by atoms with Gasteiger partial charge in [0, 0.05) is 6.61 Å². The highest BCUT2D eigenvalue weighted by molar-refractivity contribution is 7.10. The first-order valence-corrected chi connectivity index (χ1v) is 9.67. The Balaban J connectivity index is 2.20. The lowest BCUT2D eigenvalue weighted by Crippen LogP contribution is -2.34. The van der Waals surface area contributed by atoms with Crippen molar-refractivity contribution in [2.45, 2.75) is 31.1 Å². The molecule has 0 bridgehead atoms. The number of hydrogen-bond acceptors (Lipinski definition) is 1. The van der Waals surface area contributed by atoms with E-state index >= 15 is 0 Å². The van der Waals surface area contributed by atoms with Crippen LogP contribution in [0.3, 0.4) is 0 Å². The average Bonchev–Trinajstić information content (AvgIpc) is 2.06. The molecular formula is C6H13F3OSi2. The minimum Gasteiger partial charge on any atom is -0.428 e. The van der Waals surface area contributed by atoms with Crippen LogP contribution < -0.4 is 0 Å². The summed E-state index contributed by atoms with van der Waals surface area (Å²) in [5.41, 5.74) is 0. The molecule has 0 N–H and O–H groups in total. The van der Waals surface area contributed by atoms with Crippen molar-refractivity contribution in [2.75, 3.05) is 6.61 Å². The monoisotopic (exact) mass is 214 g/mol. The number of rotatable bonds is 3. The van der Waals surface area contributed by atoms with E-state index in [-0.39, 0.29) is 6.04 Å². The van der Waals surface area contributed by atoms with Gasteiger partial charge in [0.1, 0.15) is 9.28 Å². The molecule has 1 aliphatic heterocycles. The van der Waals surface area contributed by atoms with Gasteiger partial charge in [0.05, 0.1) is 8.31 Å². The topological polar surface area (TPSA) is 9.23 Å². The van der Waals surface area contributed by atoms with Gasteiger partial charge in [0.25, 0.3) is 6.43 Å². The van der Waals surface area contributed by atoms with E-state index in [1.54, 1.807) is 0 Å².